The van der Waals surface area contributed by atoms with Crippen molar-refractivity contribution >= 4 is 17.9 Å². The largest absolute Gasteiger partial charge is 0.481 e. The smallest absolute Gasteiger partial charge is 0.338 e. The molecule has 0 atom stereocenters. The molecule has 0 fully saturated rings. The van der Waals surface area contributed by atoms with Gasteiger partial charge in [-0.3, -0.25) is 9.59 Å². The Kier molecular flexibility index (Phi) is 5.25. The van der Waals surface area contributed by atoms with Crippen LogP contribution in [0.3, 0.4) is 0 Å². The standard InChI is InChI=1S/C14H16O6/c1-8(2)20-14(19)10-5-3-9(4-6-10)7-11(12(15)16)13(17)18/h3-6,8,11H,7H2,1-2H3,(H,15,16)(H,17,18). The highest BCUT2D eigenvalue weighted by atomic mass is 16.5. The van der Waals surface area contributed by atoms with E-state index in [0.717, 1.165) is 0 Å². The lowest BCUT2D eigenvalue weighted by molar-refractivity contribution is -0.154. The van der Waals surface area contributed by atoms with Gasteiger partial charge in [0.2, 0.25) is 0 Å². The van der Waals surface area contributed by atoms with Crippen LogP contribution in [0.1, 0.15) is 29.8 Å². The highest BCUT2D eigenvalue weighted by Crippen LogP contribution is 2.12. The molecule has 1 aromatic carbocycles. The van der Waals surface area contributed by atoms with Gasteiger partial charge in [0.05, 0.1) is 11.7 Å². The molecule has 6 nitrogen and oxygen atoms in total. The number of esters is 1. The summed E-state index contributed by atoms with van der Waals surface area (Å²) >= 11 is 0. The van der Waals surface area contributed by atoms with Gasteiger partial charge in [-0.25, -0.2) is 4.79 Å². The molecule has 0 unspecified atom stereocenters. The SMILES string of the molecule is CC(C)OC(=O)c1ccc(CC(C(=O)O)C(=O)O)cc1. The van der Waals surface area contributed by atoms with Gasteiger partial charge >= 0.3 is 17.9 Å². The Balaban J connectivity index is 2.78. The zero-order valence-corrected chi connectivity index (χ0v) is 11.2. The summed E-state index contributed by atoms with van der Waals surface area (Å²) in [5.74, 6) is -4.75. The van der Waals surface area contributed by atoms with E-state index in [2.05, 4.69) is 0 Å². The molecule has 0 radical (unpaired) electrons. The number of carbonyl (C=O) groups is 3. The summed E-state index contributed by atoms with van der Waals surface area (Å²) < 4.78 is 5.01. The van der Waals surface area contributed by atoms with Gasteiger partial charge in [0.25, 0.3) is 0 Å². The van der Waals surface area contributed by atoms with Gasteiger partial charge < -0.3 is 14.9 Å². The Morgan fingerprint density at radius 1 is 1.05 bits per heavy atom. The van der Waals surface area contributed by atoms with Crippen LogP contribution >= 0.6 is 0 Å². The van der Waals surface area contributed by atoms with E-state index in [1.54, 1.807) is 13.8 Å². The van der Waals surface area contributed by atoms with E-state index in [4.69, 9.17) is 14.9 Å². The maximum Gasteiger partial charge on any atom is 0.338 e. The van der Waals surface area contributed by atoms with Crippen molar-refractivity contribution in [1.82, 2.24) is 0 Å². The molecule has 2 N–H and O–H groups in total. The average Bonchev–Trinajstić information content (AvgIpc) is 2.35. The Labute approximate surface area is 116 Å². The van der Waals surface area contributed by atoms with Crippen molar-refractivity contribution in [2.24, 2.45) is 5.92 Å². The molecule has 0 aliphatic rings. The van der Waals surface area contributed by atoms with Crippen LogP contribution in [0.4, 0.5) is 0 Å². The topological polar surface area (TPSA) is 101 Å². The first-order valence-electron chi connectivity index (χ1n) is 6.06. The van der Waals surface area contributed by atoms with Gasteiger partial charge in [0, 0.05) is 0 Å². The first-order chi connectivity index (χ1) is 9.31. The lowest BCUT2D eigenvalue weighted by atomic mass is 9.99. The van der Waals surface area contributed by atoms with E-state index in [9.17, 15) is 14.4 Å². The number of benzene rings is 1. The third-order valence-corrected chi connectivity index (χ3v) is 2.57. The van der Waals surface area contributed by atoms with Crippen LogP contribution in [-0.4, -0.2) is 34.2 Å². The van der Waals surface area contributed by atoms with E-state index < -0.39 is 23.8 Å². The third-order valence-electron chi connectivity index (χ3n) is 2.57. The molecule has 0 aromatic heterocycles. The van der Waals surface area contributed by atoms with E-state index in [0.29, 0.717) is 11.1 Å². The van der Waals surface area contributed by atoms with Crippen molar-refractivity contribution in [2.45, 2.75) is 26.4 Å². The highest BCUT2D eigenvalue weighted by molar-refractivity contribution is 5.93. The number of hydrogen-bond acceptors (Lipinski definition) is 4. The number of hydrogen-bond donors (Lipinski definition) is 2. The zero-order chi connectivity index (χ0) is 15.3. The lowest BCUT2D eigenvalue weighted by Gasteiger charge is -2.09. The van der Waals surface area contributed by atoms with Crippen molar-refractivity contribution < 1.29 is 29.3 Å². The molecule has 108 valence electrons. The van der Waals surface area contributed by atoms with Crippen LogP contribution in [0.25, 0.3) is 0 Å². The minimum absolute atomic E-state index is 0.135. The number of ether oxygens (including phenoxy) is 1. The second-order valence-corrected chi connectivity index (χ2v) is 4.58. The predicted molar refractivity (Wildman–Crippen MR) is 69.5 cm³/mol. The molecule has 1 aromatic rings. The van der Waals surface area contributed by atoms with E-state index >= 15 is 0 Å². The Morgan fingerprint density at radius 2 is 1.55 bits per heavy atom. The Bertz CT molecular complexity index is 489. The summed E-state index contributed by atoms with van der Waals surface area (Å²) in [4.78, 5) is 33.2. The number of rotatable bonds is 6. The molecule has 0 amide bonds. The van der Waals surface area contributed by atoms with Gasteiger partial charge in [-0.15, -0.1) is 0 Å². The third kappa shape index (κ3) is 4.38. The van der Waals surface area contributed by atoms with Crippen molar-refractivity contribution in [3.8, 4) is 0 Å². The van der Waals surface area contributed by atoms with E-state index in [1.165, 1.54) is 24.3 Å². The molecular weight excluding hydrogens is 264 g/mol. The molecule has 0 aliphatic heterocycles. The number of aliphatic carboxylic acids is 2. The number of carboxylic acid groups (broad SMARTS) is 2. The molecule has 0 heterocycles. The van der Waals surface area contributed by atoms with Crippen LogP contribution in [0.5, 0.6) is 0 Å². The van der Waals surface area contributed by atoms with Crippen LogP contribution in [-0.2, 0) is 20.7 Å². The molecule has 1 rings (SSSR count). The average molecular weight is 280 g/mol. The van der Waals surface area contributed by atoms with Gasteiger partial charge in [0.1, 0.15) is 0 Å². The first kappa shape index (κ1) is 15.7. The fourth-order valence-corrected chi connectivity index (χ4v) is 1.57. The van der Waals surface area contributed by atoms with Crippen LogP contribution in [0, 0.1) is 5.92 Å². The summed E-state index contributed by atoms with van der Waals surface area (Å²) in [7, 11) is 0. The first-order valence-corrected chi connectivity index (χ1v) is 6.06. The van der Waals surface area contributed by atoms with Crippen molar-refractivity contribution in [3.05, 3.63) is 35.4 Å². The molecular formula is C14H16O6. The fraction of sp³-hybridized carbons (Fsp3) is 0.357. The zero-order valence-electron chi connectivity index (χ0n) is 11.2. The number of carboxylic acids is 2. The fourth-order valence-electron chi connectivity index (χ4n) is 1.57. The van der Waals surface area contributed by atoms with Gasteiger partial charge in [-0.2, -0.15) is 0 Å². The molecule has 0 bridgehead atoms. The van der Waals surface area contributed by atoms with Crippen LogP contribution in [0.2, 0.25) is 0 Å². The molecule has 6 heteroatoms. The maximum atomic E-state index is 11.6. The van der Waals surface area contributed by atoms with E-state index in [-0.39, 0.29) is 12.5 Å². The quantitative estimate of drug-likeness (QED) is 0.606. The predicted octanol–water partition coefficient (Wildman–Crippen LogP) is 1.58. The van der Waals surface area contributed by atoms with E-state index in [1.807, 2.05) is 0 Å². The number of carbonyl (C=O) groups excluding carboxylic acids is 1. The minimum Gasteiger partial charge on any atom is -0.481 e. The minimum atomic E-state index is -1.50. The summed E-state index contributed by atoms with van der Waals surface area (Å²) in [6, 6.07) is 6.02. The highest BCUT2D eigenvalue weighted by Gasteiger charge is 2.25. The second kappa shape index (κ2) is 6.70. The summed E-state index contributed by atoms with van der Waals surface area (Å²) in [6.07, 6.45) is -0.366. The van der Waals surface area contributed by atoms with Crippen molar-refractivity contribution in [3.63, 3.8) is 0 Å². The normalized spacial score (nSPS) is 10.6. The van der Waals surface area contributed by atoms with Gasteiger partial charge in [-0.1, -0.05) is 12.1 Å². The molecule has 0 aliphatic carbocycles. The van der Waals surface area contributed by atoms with Crippen LogP contribution in [0.15, 0.2) is 24.3 Å². The summed E-state index contributed by atoms with van der Waals surface area (Å²) in [5.41, 5.74) is 0.866. The Morgan fingerprint density at radius 3 is 1.95 bits per heavy atom. The van der Waals surface area contributed by atoms with Crippen molar-refractivity contribution in [2.75, 3.05) is 0 Å². The monoisotopic (exact) mass is 280 g/mol. The second-order valence-electron chi connectivity index (χ2n) is 4.58. The van der Waals surface area contributed by atoms with Gasteiger partial charge in [0.15, 0.2) is 5.92 Å². The molecule has 0 spiro atoms. The molecule has 20 heavy (non-hydrogen) atoms. The summed E-state index contributed by atoms with van der Waals surface area (Å²) in [5, 5.41) is 17.6. The maximum absolute atomic E-state index is 11.6. The molecule has 0 saturated carbocycles. The van der Waals surface area contributed by atoms with Crippen molar-refractivity contribution in [1.29, 1.82) is 0 Å². The van der Waals surface area contributed by atoms with Crippen LogP contribution < -0.4 is 0 Å². The molecule has 0 saturated heterocycles. The summed E-state index contributed by atoms with van der Waals surface area (Å²) in [6.45, 7) is 3.47. The Hall–Kier alpha value is -2.37. The van der Waals surface area contributed by atoms with Gasteiger partial charge in [-0.05, 0) is 38.0 Å². The lowest BCUT2D eigenvalue weighted by Crippen LogP contribution is -2.25.